The van der Waals surface area contributed by atoms with E-state index in [-0.39, 0.29) is 0 Å². The van der Waals surface area contributed by atoms with Crippen LogP contribution in [0.1, 0.15) is 38.2 Å². The van der Waals surface area contributed by atoms with E-state index in [0.717, 1.165) is 35.6 Å². The first-order chi connectivity index (χ1) is 11.3. The van der Waals surface area contributed by atoms with Crippen molar-refractivity contribution < 1.29 is 9.15 Å². The second kappa shape index (κ2) is 6.20. The molecular formula is C20H27NO2. The highest BCUT2D eigenvalue weighted by Crippen LogP contribution is 2.40. The van der Waals surface area contributed by atoms with Crippen LogP contribution >= 0.6 is 0 Å². The van der Waals surface area contributed by atoms with Crippen molar-refractivity contribution >= 4 is 11.0 Å². The van der Waals surface area contributed by atoms with E-state index in [1.54, 1.807) is 7.11 Å². The van der Waals surface area contributed by atoms with Crippen LogP contribution in [0.25, 0.3) is 11.0 Å². The number of rotatable bonds is 5. The molecule has 23 heavy (non-hydrogen) atoms. The van der Waals surface area contributed by atoms with Crippen LogP contribution in [0.15, 0.2) is 28.9 Å². The van der Waals surface area contributed by atoms with Crippen LogP contribution in [0, 0.1) is 11.8 Å². The summed E-state index contributed by atoms with van der Waals surface area (Å²) in [6.07, 6.45) is 8.68. The first-order valence-corrected chi connectivity index (χ1v) is 9.06. The molecule has 1 aromatic heterocycles. The van der Waals surface area contributed by atoms with Gasteiger partial charge in [0.1, 0.15) is 11.3 Å². The molecule has 3 fully saturated rings. The van der Waals surface area contributed by atoms with E-state index in [4.69, 9.17) is 9.15 Å². The summed E-state index contributed by atoms with van der Waals surface area (Å²) in [5, 5.41) is 1.24. The maximum absolute atomic E-state index is 5.74. The van der Waals surface area contributed by atoms with Crippen molar-refractivity contribution in [1.29, 1.82) is 0 Å². The molecule has 1 aromatic carbocycles. The Morgan fingerprint density at radius 2 is 2.22 bits per heavy atom. The van der Waals surface area contributed by atoms with Crippen LogP contribution in [-0.2, 0) is 6.42 Å². The van der Waals surface area contributed by atoms with Crippen LogP contribution < -0.4 is 4.74 Å². The van der Waals surface area contributed by atoms with Gasteiger partial charge < -0.3 is 9.15 Å². The average molecular weight is 313 g/mol. The van der Waals surface area contributed by atoms with Crippen molar-refractivity contribution in [2.75, 3.05) is 20.2 Å². The molecule has 5 rings (SSSR count). The molecule has 2 bridgehead atoms. The maximum Gasteiger partial charge on any atom is 0.137 e. The first kappa shape index (κ1) is 15.1. The van der Waals surface area contributed by atoms with Crippen molar-refractivity contribution in [3.05, 3.63) is 30.0 Å². The monoisotopic (exact) mass is 313 g/mol. The number of benzene rings is 1. The highest BCUT2D eigenvalue weighted by molar-refractivity contribution is 5.82. The molecule has 3 heteroatoms. The van der Waals surface area contributed by atoms with E-state index in [2.05, 4.69) is 17.9 Å². The van der Waals surface area contributed by atoms with Crippen LogP contribution in [0.4, 0.5) is 0 Å². The summed E-state index contributed by atoms with van der Waals surface area (Å²) in [5.74, 6) is 2.72. The lowest BCUT2D eigenvalue weighted by Gasteiger charge is -2.50. The molecule has 3 heterocycles. The van der Waals surface area contributed by atoms with Gasteiger partial charge in [0, 0.05) is 30.6 Å². The number of methoxy groups -OCH3 is 1. The lowest BCUT2D eigenvalue weighted by Crippen LogP contribution is -2.53. The van der Waals surface area contributed by atoms with E-state index >= 15 is 0 Å². The Hall–Kier alpha value is -1.48. The molecule has 3 nitrogen and oxygen atoms in total. The topological polar surface area (TPSA) is 25.6 Å². The van der Waals surface area contributed by atoms with Gasteiger partial charge in [0.15, 0.2) is 0 Å². The summed E-state index contributed by atoms with van der Waals surface area (Å²) >= 11 is 0. The Morgan fingerprint density at radius 1 is 1.30 bits per heavy atom. The Kier molecular flexibility index (Phi) is 4.06. The van der Waals surface area contributed by atoms with Crippen LogP contribution in [-0.4, -0.2) is 31.1 Å². The molecular weight excluding hydrogens is 286 g/mol. The molecule has 2 saturated heterocycles. The van der Waals surface area contributed by atoms with Gasteiger partial charge in [-0.25, -0.2) is 0 Å². The van der Waals surface area contributed by atoms with Crippen molar-refractivity contribution in [3.63, 3.8) is 0 Å². The summed E-state index contributed by atoms with van der Waals surface area (Å²) in [4.78, 5) is 2.76. The van der Waals surface area contributed by atoms with E-state index < -0.39 is 0 Å². The third kappa shape index (κ3) is 2.76. The van der Waals surface area contributed by atoms with Crippen molar-refractivity contribution in [2.45, 2.75) is 45.1 Å². The van der Waals surface area contributed by atoms with E-state index in [1.165, 1.54) is 49.7 Å². The smallest absolute Gasteiger partial charge is 0.137 e. The molecule has 0 amide bonds. The molecule has 3 atom stereocenters. The number of fused-ring (bicyclic) bond motifs is 4. The first-order valence-electron chi connectivity index (χ1n) is 9.06. The molecule has 0 N–H and O–H groups in total. The Balaban J connectivity index is 1.47. The lowest BCUT2D eigenvalue weighted by atomic mass is 9.71. The van der Waals surface area contributed by atoms with Crippen molar-refractivity contribution in [2.24, 2.45) is 11.8 Å². The van der Waals surface area contributed by atoms with Gasteiger partial charge in [-0.2, -0.15) is 0 Å². The van der Waals surface area contributed by atoms with Gasteiger partial charge in [-0.05, 0) is 55.2 Å². The van der Waals surface area contributed by atoms with Gasteiger partial charge in [0.25, 0.3) is 0 Å². The second-order valence-corrected chi connectivity index (χ2v) is 7.28. The highest BCUT2D eigenvalue weighted by atomic mass is 16.5. The predicted molar refractivity (Wildman–Crippen MR) is 93.0 cm³/mol. The van der Waals surface area contributed by atoms with Gasteiger partial charge in [0.2, 0.25) is 0 Å². The number of furan rings is 1. The Bertz CT molecular complexity index is 677. The van der Waals surface area contributed by atoms with Gasteiger partial charge in [-0.15, -0.1) is 0 Å². The minimum absolute atomic E-state index is 0.822. The van der Waals surface area contributed by atoms with Crippen molar-refractivity contribution in [1.82, 2.24) is 4.90 Å². The predicted octanol–water partition coefficient (Wildman–Crippen LogP) is 4.49. The lowest BCUT2D eigenvalue weighted by molar-refractivity contribution is 0.000689. The fraction of sp³-hybridized carbons (Fsp3) is 0.600. The SMILES string of the molecule is CCC1CC2CCC1N(CCc1coc3cc(OC)ccc13)C2. The number of hydrogen-bond donors (Lipinski definition) is 0. The zero-order valence-electron chi connectivity index (χ0n) is 14.3. The molecule has 3 unspecified atom stereocenters. The van der Waals surface area contributed by atoms with Gasteiger partial charge in [-0.3, -0.25) is 4.90 Å². The second-order valence-electron chi connectivity index (χ2n) is 7.28. The van der Waals surface area contributed by atoms with Gasteiger partial charge in [-0.1, -0.05) is 13.3 Å². The molecule has 2 aromatic rings. The molecule has 2 aliphatic heterocycles. The minimum Gasteiger partial charge on any atom is -0.497 e. The summed E-state index contributed by atoms with van der Waals surface area (Å²) in [7, 11) is 1.70. The number of nitrogens with zero attached hydrogens (tertiary/aromatic N) is 1. The maximum atomic E-state index is 5.74. The standard InChI is InChI=1S/C20H27NO2/c1-3-15-10-14-4-7-19(15)21(12-14)9-8-16-13-23-20-11-17(22-2)5-6-18(16)20/h5-6,11,13-15,19H,3-4,7-10,12H2,1-2H3. The van der Waals surface area contributed by atoms with E-state index in [9.17, 15) is 0 Å². The Labute approximate surface area is 138 Å². The normalized spacial score (nSPS) is 27.7. The molecule has 1 aliphatic carbocycles. The zero-order valence-corrected chi connectivity index (χ0v) is 14.3. The van der Waals surface area contributed by atoms with Gasteiger partial charge in [0.05, 0.1) is 13.4 Å². The van der Waals surface area contributed by atoms with E-state index in [1.807, 2.05) is 18.4 Å². The molecule has 124 valence electrons. The number of ether oxygens (including phenoxy) is 1. The zero-order chi connectivity index (χ0) is 15.8. The molecule has 1 saturated carbocycles. The summed E-state index contributed by atoms with van der Waals surface area (Å²) in [5.41, 5.74) is 2.27. The van der Waals surface area contributed by atoms with E-state index in [0.29, 0.717) is 0 Å². The molecule has 0 spiro atoms. The summed E-state index contributed by atoms with van der Waals surface area (Å²) in [6.45, 7) is 4.84. The summed E-state index contributed by atoms with van der Waals surface area (Å²) in [6, 6.07) is 6.96. The quantitative estimate of drug-likeness (QED) is 0.813. The third-order valence-electron chi connectivity index (χ3n) is 6.07. The fourth-order valence-electron chi connectivity index (χ4n) is 4.80. The molecule has 3 aliphatic rings. The summed E-state index contributed by atoms with van der Waals surface area (Å²) < 4.78 is 11.0. The number of hydrogen-bond acceptors (Lipinski definition) is 3. The average Bonchev–Trinajstić information content (AvgIpc) is 3.02. The van der Waals surface area contributed by atoms with Gasteiger partial charge >= 0.3 is 0 Å². The number of piperidine rings is 2. The van der Waals surface area contributed by atoms with Crippen LogP contribution in [0.5, 0.6) is 5.75 Å². The minimum atomic E-state index is 0.822. The van der Waals surface area contributed by atoms with Crippen LogP contribution in [0.2, 0.25) is 0 Å². The third-order valence-corrected chi connectivity index (χ3v) is 6.07. The molecule has 0 radical (unpaired) electrons. The largest absolute Gasteiger partial charge is 0.497 e. The fourth-order valence-corrected chi connectivity index (χ4v) is 4.80. The highest BCUT2D eigenvalue weighted by Gasteiger charge is 2.39. The van der Waals surface area contributed by atoms with Crippen molar-refractivity contribution in [3.8, 4) is 5.75 Å². The Morgan fingerprint density at radius 3 is 3.00 bits per heavy atom. The van der Waals surface area contributed by atoms with Crippen LogP contribution in [0.3, 0.4) is 0 Å².